The predicted molar refractivity (Wildman–Crippen MR) is 146 cm³/mol. The van der Waals surface area contributed by atoms with E-state index in [1.165, 1.54) is 12.1 Å². The molecule has 0 aliphatic rings. The van der Waals surface area contributed by atoms with E-state index in [9.17, 15) is 9.18 Å². The maximum atomic E-state index is 15.2. The molecule has 39 heavy (non-hydrogen) atoms. The third-order valence-corrected chi connectivity index (χ3v) is 6.52. The number of halogens is 2. The number of anilines is 1. The van der Waals surface area contributed by atoms with Gasteiger partial charge in [-0.15, -0.1) is 0 Å². The van der Waals surface area contributed by atoms with Crippen LogP contribution in [0.2, 0.25) is 0 Å². The molecule has 1 amide bonds. The predicted octanol–water partition coefficient (Wildman–Crippen LogP) is 6.64. The summed E-state index contributed by atoms with van der Waals surface area (Å²) in [5.74, 6) is -0.598. The smallest absolute Gasteiger partial charge is 0.224 e. The lowest BCUT2D eigenvalue weighted by atomic mass is 10.0. The van der Waals surface area contributed by atoms with Crippen molar-refractivity contribution in [2.45, 2.75) is 26.2 Å². The highest BCUT2D eigenvalue weighted by atomic mass is 19.1. The molecule has 4 heterocycles. The van der Waals surface area contributed by atoms with Crippen molar-refractivity contribution in [2.75, 3.05) is 5.32 Å². The summed E-state index contributed by atoms with van der Waals surface area (Å²) >= 11 is 0. The molecule has 0 saturated carbocycles. The van der Waals surface area contributed by atoms with E-state index >= 15 is 4.39 Å². The zero-order valence-corrected chi connectivity index (χ0v) is 20.9. The minimum atomic E-state index is -0.524. The third-order valence-electron chi connectivity index (χ3n) is 6.52. The topological polar surface area (TPSA) is 112 Å². The number of carbonyl (C=O) groups excluding carboxylic acids is 1. The van der Waals surface area contributed by atoms with Crippen LogP contribution in [0.3, 0.4) is 0 Å². The Balaban J connectivity index is 1.41. The summed E-state index contributed by atoms with van der Waals surface area (Å²) in [4.78, 5) is 28.5. The number of H-pyrrole nitrogens is 2. The van der Waals surface area contributed by atoms with Crippen LogP contribution >= 0.6 is 0 Å². The molecule has 0 aliphatic carbocycles. The van der Waals surface area contributed by atoms with Crippen LogP contribution in [0.5, 0.6) is 0 Å². The maximum absolute atomic E-state index is 15.2. The second-order valence-electron chi connectivity index (χ2n) is 9.19. The van der Waals surface area contributed by atoms with Gasteiger partial charge in [0.1, 0.15) is 17.0 Å². The number of hydrogen-bond donors (Lipinski definition) is 3. The van der Waals surface area contributed by atoms with Crippen molar-refractivity contribution in [1.82, 2.24) is 30.1 Å². The average Bonchev–Trinajstić information content (AvgIpc) is 3.57. The first-order valence-electron chi connectivity index (χ1n) is 12.5. The van der Waals surface area contributed by atoms with Crippen LogP contribution in [0.15, 0.2) is 67.1 Å². The monoisotopic (exact) mass is 523 g/mol. The van der Waals surface area contributed by atoms with Crippen molar-refractivity contribution in [3.8, 4) is 33.8 Å². The van der Waals surface area contributed by atoms with Gasteiger partial charge in [0.25, 0.3) is 0 Å². The molecule has 6 rings (SSSR count). The van der Waals surface area contributed by atoms with Gasteiger partial charge in [0.2, 0.25) is 5.91 Å². The first-order valence-corrected chi connectivity index (χ1v) is 12.5. The Morgan fingerprint density at radius 1 is 1.00 bits per heavy atom. The van der Waals surface area contributed by atoms with Gasteiger partial charge in [-0.25, -0.2) is 18.7 Å². The summed E-state index contributed by atoms with van der Waals surface area (Å²) in [6, 6.07) is 13.1. The zero-order chi connectivity index (χ0) is 26.9. The molecule has 0 saturated heterocycles. The van der Waals surface area contributed by atoms with Crippen LogP contribution in [0.1, 0.15) is 26.2 Å². The molecule has 0 aliphatic heterocycles. The van der Waals surface area contributed by atoms with Gasteiger partial charge >= 0.3 is 0 Å². The molecule has 10 heteroatoms. The number of hydrogen-bond acceptors (Lipinski definition) is 5. The first-order chi connectivity index (χ1) is 19.0. The fraction of sp³-hybridized carbons (Fsp3) is 0.138. The molecule has 194 valence electrons. The van der Waals surface area contributed by atoms with Gasteiger partial charge in [-0.2, -0.15) is 5.10 Å². The molecule has 8 nitrogen and oxygen atoms in total. The van der Waals surface area contributed by atoms with Crippen LogP contribution in [0.4, 0.5) is 14.5 Å². The molecule has 2 aromatic carbocycles. The van der Waals surface area contributed by atoms with Gasteiger partial charge < -0.3 is 10.3 Å². The molecule has 3 N–H and O–H groups in total. The van der Waals surface area contributed by atoms with Crippen molar-refractivity contribution in [2.24, 2.45) is 0 Å². The number of nitrogens with zero attached hydrogens (tertiary/aromatic N) is 4. The van der Waals surface area contributed by atoms with E-state index in [0.29, 0.717) is 62.4 Å². The van der Waals surface area contributed by atoms with Gasteiger partial charge in [0, 0.05) is 40.9 Å². The van der Waals surface area contributed by atoms with Gasteiger partial charge in [-0.05, 0) is 42.3 Å². The van der Waals surface area contributed by atoms with Crippen molar-refractivity contribution >= 4 is 33.7 Å². The summed E-state index contributed by atoms with van der Waals surface area (Å²) < 4.78 is 29.7. The van der Waals surface area contributed by atoms with E-state index in [1.54, 1.807) is 55.0 Å². The fourth-order valence-electron chi connectivity index (χ4n) is 4.58. The van der Waals surface area contributed by atoms with Crippen molar-refractivity contribution < 1.29 is 13.6 Å². The summed E-state index contributed by atoms with van der Waals surface area (Å²) in [6.07, 6.45) is 6.87. The highest BCUT2D eigenvalue weighted by Crippen LogP contribution is 2.34. The van der Waals surface area contributed by atoms with Crippen LogP contribution in [0, 0.1) is 11.6 Å². The fourth-order valence-corrected chi connectivity index (χ4v) is 4.58. The van der Waals surface area contributed by atoms with Crippen molar-refractivity contribution in [3.05, 3.63) is 78.8 Å². The Bertz CT molecular complexity index is 1840. The first kappa shape index (κ1) is 24.4. The maximum Gasteiger partial charge on any atom is 0.224 e. The molecule has 0 fully saturated rings. The Morgan fingerprint density at radius 3 is 2.72 bits per heavy atom. The molecule has 4 aromatic heterocycles. The number of nitrogens with one attached hydrogen (secondary N) is 3. The molecular formula is C29H23F2N7O. The van der Waals surface area contributed by atoms with Crippen LogP contribution in [-0.4, -0.2) is 36.0 Å². The summed E-state index contributed by atoms with van der Waals surface area (Å²) in [5.41, 5.74) is 4.28. The van der Waals surface area contributed by atoms with E-state index in [0.717, 1.165) is 12.8 Å². The van der Waals surface area contributed by atoms with E-state index in [4.69, 9.17) is 0 Å². The lowest BCUT2D eigenvalue weighted by Crippen LogP contribution is -2.11. The molecule has 0 atom stereocenters. The Labute approximate surface area is 221 Å². The minimum Gasteiger partial charge on any atom is -0.335 e. The van der Waals surface area contributed by atoms with Crippen LogP contribution < -0.4 is 5.32 Å². The van der Waals surface area contributed by atoms with Gasteiger partial charge in [-0.3, -0.25) is 14.9 Å². The summed E-state index contributed by atoms with van der Waals surface area (Å²) in [7, 11) is 0. The van der Waals surface area contributed by atoms with Crippen LogP contribution in [0.25, 0.3) is 55.8 Å². The number of pyridine rings is 2. The standard InChI is InChI=1S/C29H23F2N7O/c1-2-3-8-24(39)34-18-11-17(14-32-15-18)16-12-21-25(23(31)13-16)37-38-27(21)29-35-26-20(9-10-33-28(26)36-29)19-6-4-5-7-22(19)30/h4-7,9-15H,2-3,8H2,1H3,(H,34,39)(H,37,38)(H,33,35,36). The summed E-state index contributed by atoms with van der Waals surface area (Å²) in [6.45, 7) is 2.02. The second-order valence-corrected chi connectivity index (χ2v) is 9.19. The largest absolute Gasteiger partial charge is 0.335 e. The van der Waals surface area contributed by atoms with E-state index in [-0.39, 0.29) is 17.2 Å². The third kappa shape index (κ3) is 4.61. The second kappa shape index (κ2) is 10.1. The number of rotatable bonds is 7. The van der Waals surface area contributed by atoms with E-state index in [2.05, 4.69) is 35.5 Å². The zero-order valence-electron chi connectivity index (χ0n) is 20.9. The lowest BCUT2D eigenvalue weighted by molar-refractivity contribution is -0.116. The van der Waals surface area contributed by atoms with Crippen molar-refractivity contribution in [3.63, 3.8) is 0 Å². The number of benzene rings is 2. The van der Waals surface area contributed by atoms with Gasteiger partial charge in [0.05, 0.1) is 17.4 Å². The number of carbonyl (C=O) groups is 1. The molecular weight excluding hydrogens is 500 g/mol. The van der Waals surface area contributed by atoms with Crippen LogP contribution in [-0.2, 0) is 4.79 Å². The normalized spacial score (nSPS) is 11.4. The summed E-state index contributed by atoms with van der Waals surface area (Å²) in [5, 5.41) is 10.4. The van der Waals surface area contributed by atoms with E-state index in [1.807, 2.05) is 6.92 Å². The number of unbranched alkanes of at least 4 members (excludes halogenated alkanes) is 1. The quantitative estimate of drug-likeness (QED) is 0.217. The molecule has 6 aromatic rings. The highest BCUT2D eigenvalue weighted by molar-refractivity contribution is 5.98. The molecule has 0 unspecified atom stereocenters. The number of aromatic amines is 2. The molecule has 0 bridgehead atoms. The van der Waals surface area contributed by atoms with Crippen molar-refractivity contribution in [1.29, 1.82) is 0 Å². The number of aromatic nitrogens is 6. The van der Waals surface area contributed by atoms with Gasteiger partial charge in [0.15, 0.2) is 17.3 Å². The Kier molecular flexibility index (Phi) is 6.28. The molecule has 0 spiro atoms. The Morgan fingerprint density at radius 2 is 1.87 bits per heavy atom. The number of amides is 1. The number of imidazole rings is 1. The number of fused-ring (bicyclic) bond motifs is 2. The lowest BCUT2D eigenvalue weighted by Gasteiger charge is -2.08. The Hall–Kier alpha value is -4.99. The molecule has 0 radical (unpaired) electrons. The SMILES string of the molecule is CCCCC(=O)Nc1cncc(-c2cc(F)c3n[nH]c(-c4nc5nccc(-c6ccccc6F)c5[nH]4)c3c2)c1. The highest BCUT2D eigenvalue weighted by Gasteiger charge is 2.19. The van der Waals surface area contributed by atoms with E-state index < -0.39 is 5.82 Å². The average molecular weight is 524 g/mol. The minimum absolute atomic E-state index is 0.0946. The van der Waals surface area contributed by atoms with Gasteiger partial charge in [-0.1, -0.05) is 31.5 Å².